The molecule has 0 spiro atoms. The van der Waals surface area contributed by atoms with Crippen LogP contribution < -0.4 is 0 Å². The molecule has 0 saturated heterocycles. The summed E-state index contributed by atoms with van der Waals surface area (Å²) in [7, 11) is 1.96. The highest BCUT2D eigenvalue weighted by Crippen LogP contribution is 2.35. The van der Waals surface area contributed by atoms with Gasteiger partial charge in [-0.3, -0.25) is 9.97 Å². The molecule has 0 fully saturated rings. The van der Waals surface area contributed by atoms with Gasteiger partial charge in [0.05, 0.1) is 22.5 Å². The molecule has 0 aliphatic carbocycles. The summed E-state index contributed by atoms with van der Waals surface area (Å²) in [6.07, 6.45) is 3.66. The van der Waals surface area contributed by atoms with Crippen molar-refractivity contribution in [3.63, 3.8) is 0 Å². The van der Waals surface area contributed by atoms with Crippen molar-refractivity contribution in [2.45, 2.75) is 0 Å². The van der Waals surface area contributed by atoms with E-state index in [1.165, 1.54) is 11.1 Å². The van der Waals surface area contributed by atoms with Crippen molar-refractivity contribution < 1.29 is 5.11 Å². The van der Waals surface area contributed by atoms with Crippen molar-refractivity contribution >= 4 is 11.0 Å². The van der Waals surface area contributed by atoms with Crippen molar-refractivity contribution in [1.29, 1.82) is 0 Å². The molecule has 0 bridgehead atoms. The van der Waals surface area contributed by atoms with Crippen molar-refractivity contribution in [3.8, 4) is 61.9 Å². The maximum atomic E-state index is 10.5. The van der Waals surface area contributed by atoms with Crippen LogP contribution in [0.3, 0.4) is 0 Å². The second-order valence-electron chi connectivity index (χ2n) is 9.99. The predicted octanol–water partition coefficient (Wildman–Crippen LogP) is 8.40. The van der Waals surface area contributed by atoms with Gasteiger partial charge in [-0.25, -0.2) is 4.98 Å². The average molecular weight is 531 g/mol. The number of aromatic nitrogens is 4. The third kappa shape index (κ3) is 4.53. The fraction of sp³-hybridized carbons (Fsp3) is 0.0278. The SMILES string of the molecule is Cn1c(-c2ccccc2O)nc2c(-c3cccc(-c4cc(-c5ccc(-c6ccccc6)cc5)ccn4)c3)nccc21. The Kier molecular flexibility index (Phi) is 6.10. The first-order valence-electron chi connectivity index (χ1n) is 13.5. The molecule has 0 aliphatic heterocycles. The molecule has 0 aliphatic rings. The number of phenols is 1. The fourth-order valence-corrected chi connectivity index (χ4v) is 5.31. The number of pyridine rings is 2. The van der Waals surface area contributed by atoms with Crippen molar-refractivity contribution in [2.24, 2.45) is 7.05 Å². The molecule has 5 heteroatoms. The molecule has 196 valence electrons. The Bertz CT molecular complexity index is 2010. The number of para-hydroxylation sites is 1. The maximum Gasteiger partial charge on any atom is 0.144 e. The van der Waals surface area contributed by atoms with Crippen LogP contribution in [-0.2, 0) is 7.05 Å². The van der Waals surface area contributed by atoms with Gasteiger partial charge in [-0.15, -0.1) is 0 Å². The molecule has 3 aromatic heterocycles. The third-order valence-electron chi connectivity index (χ3n) is 7.46. The van der Waals surface area contributed by atoms with Gasteiger partial charge < -0.3 is 9.67 Å². The molecule has 0 unspecified atom stereocenters. The topological polar surface area (TPSA) is 63.8 Å². The van der Waals surface area contributed by atoms with Crippen LogP contribution in [0.5, 0.6) is 5.75 Å². The second kappa shape index (κ2) is 10.2. The number of fused-ring (bicyclic) bond motifs is 1. The molecule has 0 amide bonds. The summed E-state index contributed by atoms with van der Waals surface area (Å²) >= 11 is 0. The lowest BCUT2D eigenvalue weighted by molar-refractivity contribution is 0.476. The number of phenolic OH excluding ortho intramolecular Hbond substituents is 1. The van der Waals surface area contributed by atoms with Crippen LogP contribution >= 0.6 is 0 Å². The minimum atomic E-state index is 0.197. The first kappa shape index (κ1) is 24.5. The van der Waals surface area contributed by atoms with Gasteiger partial charge >= 0.3 is 0 Å². The lowest BCUT2D eigenvalue weighted by Gasteiger charge is -2.09. The van der Waals surface area contributed by atoms with E-state index in [0.29, 0.717) is 11.4 Å². The Morgan fingerprint density at radius 2 is 1.22 bits per heavy atom. The van der Waals surface area contributed by atoms with E-state index in [1.807, 2.05) is 66.3 Å². The van der Waals surface area contributed by atoms with E-state index < -0.39 is 0 Å². The van der Waals surface area contributed by atoms with Crippen LogP contribution in [-0.4, -0.2) is 24.6 Å². The zero-order valence-electron chi connectivity index (χ0n) is 22.4. The van der Waals surface area contributed by atoms with Gasteiger partial charge in [0.2, 0.25) is 0 Å². The highest BCUT2D eigenvalue weighted by atomic mass is 16.3. The smallest absolute Gasteiger partial charge is 0.144 e. The molecular weight excluding hydrogens is 504 g/mol. The van der Waals surface area contributed by atoms with Crippen LogP contribution in [0.15, 0.2) is 134 Å². The van der Waals surface area contributed by atoms with Crippen molar-refractivity contribution in [1.82, 2.24) is 19.5 Å². The van der Waals surface area contributed by atoms with E-state index in [-0.39, 0.29) is 5.75 Å². The summed E-state index contributed by atoms with van der Waals surface area (Å²) in [6, 6.07) is 40.7. The number of aryl methyl sites for hydroxylation is 1. The Labute approximate surface area is 238 Å². The quantitative estimate of drug-likeness (QED) is 0.243. The minimum Gasteiger partial charge on any atom is -0.507 e. The first-order chi connectivity index (χ1) is 20.2. The zero-order valence-corrected chi connectivity index (χ0v) is 22.4. The van der Waals surface area contributed by atoms with Gasteiger partial charge in [0.1, 0.15) is 17.1 Å². The van der Waals surface area contributed by atoms with Gasteiger partial charge in [-0.05, 0) is 58.7 Å². The van der Waals surface area contributed by atoms with E-state index >= 15 is 0 Å². The third-order valence-corrected chi connectivity index (χ3v) is 7.46. The second-order valence-corrected chi connectivity index (χ2v) is 9.99. The fourth-order valence-electron chi connectivity index (χ4n) is 5.31. The Morgan fingerprint density at radius 1 is 0.561 bits per heavy atom. The van der Waals surface area contributed by atoms with Gasteiger partial charge in [0, 0.05) is 30.6 Å². The number of aromatic hydroxyl groups is 1. The summed E-state index contributed by atoms with van der Waals surface area (Å²) < 4.78 is 1.99. The van der Waals surface area contributed by atoms with Crippen molar-refractivity contribution in [2.75, 3.05) is 0 Å². The number of hydrogen-bond donors (Lipinski definition) is 1. The molecule has 7 aromatic rings. The lowest BCUT2D eigenvalue weighted by atomic mass is 9.99. The summed E-state index contributed by atoms with van der Waals surface area (Å²) in [5.74, 6) is 0.888. The van der Waals surface area contributed by atoms with Crippen LogP contribution in [0.1, 0.15) is 0 Å². The standard InChI is InChI=1S/C36H26N4O/c1-40-32-19-21-38-34(35(32)39-36(40)30-12-5-6-13-33(30)41)29-11-7-10-28(22-29)31-23-27(18-20-37-31)26-16-14-25(15-17-26)24-8-3-2-4-9-24/h2-23,41H,1H3. The van der Waals surface area contributed by atoms with Gasteiger partial charge in [-0.2, -0.15) is 0 Å². The van der Waals surface area contributed by atoms with E-state index in [1.54, 1.807) is 12.3 Å². The number of rotatable bonds is 5. The molecule has 0 radical (unpaired) electrons. The molecule has 41 heavy (non-hydrogen) atoms. The average Bonchev–Trinajstić information content (AvgIpc) is 3.38. The van der Waals surface area contributed by atoms with Gasteiger partial charge in [0.15, 0.2) is 0 Å². The predicted molar refractivity (Wildman–Crippen MR) is 165 cm³/mol. The maximum absolute atomic E-state index is 10.5. The molecule has 5 nitrogen and oxygen atoms in total. The number of imidazole rings is 1. The Balaban J connectivity index is 1.25. The summed E-state index contributed by atoms with van der Waals surface area (Å²) in [5, 5.41) is 10.5. The van der Waals surface area contributed by atoms with Crippen LogP contribution in [0, 0.1) is 0 Å². The van der Waals surface area contributed by atoms with E-state index in [0.717, 1.165) is 44.7 Å². The first-order valence-corrected chi connectivity index (χ1v) is 13.5. The van der Waals surface area contributed by atoms with Gasteiger partial charge in [0.25, 0.3) is 0 Å². The zero-order chi connectivity index (χ0) is 27.8. The molecule has 1 N–H and O–H groups in total. The number of hydrogen-bond acceptors (Lipinski definition) is 4. The van der Waals surface area contributed by atoms with Crippen LogP contribution in [0.25, 0.3) is 67.2 Å². The Hall–Kier alpha value is -5.55. The molecule has 0 atom stereocenters. The molecule has 3 heterocycles. The molecule has 4 aromatic carbocycles. The summed E-state index contributed by atoms with van der Waals surface area (Å²) in [4.78, 5) is 14.3. The highest BCUT2D eigenvalue weighted by Gasteiger charge is 2.17. The van der Waals surface area contributed by atoms with Crippen LogP contribution in [0.2, 0.25) is 0 Å². The summed E-state index contributed by atoms with van der Waals surface area (Å²) in [5.41, 5.74) is 10.7. The highest BCUT2D eigenvalue weighted by molar-refractivity contribution is 5.93. The normalized spacial score (nSPS) is 11.1. The van der Waals surface area contributed by atoms with Crippen LogP contribution in [0.4, 0.5) is 0 Å². The monoisotopic (exact) mass is 530 g/mol. The molecular formula is C36H26N4O. The van der Waals surface area contributed by atoms with Gasteiger partial charge in [-0.1, -0.05) is 84.9 Å². The minimum absolute atomic E-state index is 0.197. The lowest BCUT2D eigenvalue weighted by Crippen LogP contribution is -1.92. The number of nitrogens with zero attached hydrogens (tertiary/aromatic N) is 4. The Morgan fingerprint density at radius 3 is 2.02 bits per heavy atom. The van der Waals surface area contributed by atoms with E-state index in [2.05, 4.69) is 66.7 Å². The van der Waals surface area contributed by atoms with E-state index in [9.17, 15) is 5.11 Å². The molecule has 7 rings (SSSR count). The molecule has 0 saturated carbocycles. The largest absolute Gasteiger partial charge is 0.507 e. The van der Waals surface area contributed by atoms with Crippen molar-refractivity contribution in [3.05, 3.63) is 134 Å². The van der Waals surface area contributed by atoms with E-state index in [4.69, 9.17) is 15.0 Å². The summed E-state index contributed by atoms with van der Waals surface area (Å²) in [6.45, 7) is 0. The number of benzene rings is 4.